The fourth-order valence-corrected chi connectivity index (χ4v) is 1.37. The summed E-state index contributed by atoms with van der Waals surface area (Å²) >= 11 is 0. The molecule has 1 saturated heterocycles. The second-order valence-corrected chi connectivity index (χ2v) is 4.46. The summed E-state index contributed by atoms with van der Waals surface area (Å²) in [6.07, 6.45) is 1.09. The molecule has 1 N–H and O–H groups in total. The molecule has 5 nitrogen and oxygen atoms in total. The zero-order valence-corrected chi connectivity index (χ0v) is 7.83. The maximum Gasteiger partial charge on any atom is 0.353 e. The highest BCUT2D eigenvalue weighted by atomic mass is 31.2. The Bertz CT molecular complexity index is 177. The summed E-state index contributed by atoms with van der Waals surface area (Å²) in [6.45, 7) is 0.660. The van der Waals surface area contributed by atoms with Crippen molar-refractivity contribution in [2.45, 2.75) is 19.1 Å². The third-order valence-electron chi connectivity index (χ3n) is 1.60. The van der Waals surface area contributed by atoms with Gasteiger partial charge in [0.15, 0.2) is 12.6 Å². The maximum atomic E-state index is 10.9. The van der Waals surface area contributed by atoms with Crippen LogP contribution in [0.1, 0.15) is 12.8 Å². The molecule has 0 aromatic carbocycles. The van der Waals surface area contributed by atoms with Gasteiger partial charge in [-0.05, 0) is 6.42 Å². The molecule has 0 aromatic heterocycles. The third-order valence-corrected chi connectivity index (χ3v) is 2.64. The van der Waals surface area contributed by atoms with Gasteiger partial charge in [0.05, 0.1) is 0 Å². The van der Waals surface area contributed by atoms with E-state index in [4.69, 9.17) is 14.4 Å². The molecule has 0 spiro atoms. The summed E-state index contributed by atoms with van der Waals surface area (Å²) in [5, 5.41) is 0. The first-order valence-corrected chi connectivity index (χ1v) is 5.51. The van der Waals surface area contributed by atoms with Gasteiger partial charge in [0.2, 0.25) is 0 Å². The number of ether oxygens (including phenoxy) is 2. The van der Waals surface area contributed by atoms with E-state index in [1.165, 1.54) is 7.11 Å². The average Bonchev–Trinajstić information content (AvgIpc) is 2.53. The van der Waals surface area contributed by atoms with E-state index in [0.29, 0.717) is 6.61 Å². The van der Waals surface area contributed by atoms with E-state index in [1.54, 1.807) is 0 Å². The van der Waals surface area contributed by atoms with Gasteiger partial charge in [0.1, 0.15) is 0 Å². The second kappa shape index (κ2) is 4.35. The molecular weight excluding hydrogens is 183 g/mol. The van der Waals surface area contributed by atoms with Gasteiger partial charge in [-0.1, -0.05) is 0 Å². The largest absolute Gasteiger partial charge is 0.353 e. The van der Waals surface area contributed by atoms with Crippen molar-refractivity contribution in [3.05, 3.63) is 0 Å². The molecule has 1 aliphatic rings. The van der Waals surface area contributed by atoms with Crippen LogP contribution in [0.5, 0.6) is 0 Å². The standard InChI is InChI=1S/C6H13O5P/c1-9-12(7,8)5-11-6-3-2-4-10-6/h6H,2-5H2,1H3,(H,7,8)/t6-/m1/s1. The fraction of sp³-hybridized carbons (Fsp3) is 1.00. The Kier molecular flexibility index (Phi) is 3.68. The van der Waals surface area contributed by atoms with Crippen molar-refractivity contribution in [2.24, 2.45) is 0 Å². The molecule has 1 aliphatic heterocycles. The molecule has 12 heavy (non-hydrogen) atoms. The third kappa shape index (κ3) is 3.21. The van der Waals surface area contributed by atoms with Crippen LogP contribution in [0.2, 0.25) is 0 Å². The highest BCUT2D eigenvalue weighted by Gasteiger charge is 2.23. The molecule has 0 amide bonds. The summed E-state index contributed by atoms with van der Waals surface area (Å²) in [6, 6.07) is 0. The van der Waals surface area contributed by atoms with Crippen LogP contribution in [0.3, 0.4) is 0 Å². The average molecular weight is 196 g/mol. The van der Waals surface area contributed by atoms with Gasteiger partial charge in [-0.25, -0.2) is 0 Å². The van der Waals surface area contributed by atoms with E-state index in [1.807, 2.05) is 0 Å². The molecule has 72 valence electrons. The van der Waals surface area contributed by atoms with Crippen LogP contribution in [0.4, 0.5) is 0 Å². The maximum absolute atomic E-state index is 10.9. The lowest BCUT2D eigenvalue weighted by molar-refractivity contribution is -0.0990. The highest BCUT2D eigenvalue weighted by molar-refractivity contribution is 7.52. The number of hydrogen-bond acceptors (Lipinski definition) is 4. The Hall–Kier alpha value is 0.0700. The zero-order chi connectivity index (χ0) is 9.03. The van der Waals surface area contributed by atoms with Crippen LogP contribution in [0.15, 0.2) is 0 Å². The lowest BCUT2D eigenvalue weighted by atomic mass is 10.4. The van der Waals surface area contributed by atoms with Crippen LogP contribution in [-0.4, -0.2) is 31.2 Å². The predicted octanol–water partition coefficient (Wildman–Crippen LogP) is 0.929. The predicted molar refractivity (Wildman–Crippen MR) is 41.8 cm³/mol. The lowest BCUT2D eigenvalue weighted by Crippen LogP contribution is -2.11. The SMILES string of the molecule is COP(=O)(O)CO[C@@H]1CCCO1. The van der Waals surface area contributed by atoms with Crippen LogP contribution in [0.25, 0.3) is 0 Å². The molecule has 0 aliphatic carbocycles. The van der Waals surface area contributed by atoms with E-state index >= 15 is 0 Å². The van der Waals surface area contributed by atoms with Crippen molar-refractivity contribution in [1.29, 1.82) is 0 Å². The molecule has 2 atom stereocenters. The van der Waals surface area contributed by atoms with Crippen molar-refractivity contribution in [2.75, 3.05) is 20.1 Å². The van der Waals surface area contributed by atoms with Gasteiger partial charge in [0, 0.05) is 20.1 Å². The summed E-state index contributed by atoms with van der Waals surface area (Å²) in [5.74, 6) is 0. The van der Waals surface area contributed by atoms with E-state index in [9.17, 15) is 4.57 Å². The molecule has 0 aromatic rings. The molecule has 0 radical (unpaired) electrons. The Morgan fingerprint density at radius 1 is 1.75 bits per heavy atom. The summed E-state index contributed by atoms with van der Waals surface area (Å²) in [4.78, 5) is 8.94. The van der Waals surface area contributed by atoms with Gasteiger partial charge >= 0.3 is 7.60 Å². The molecule has 1 unspecified atom stereocenters. The van der Waals surface area contributed by atoms with Crippen molar-refractivity contribution in [1.82, 2.24) is 0 Å². The first-order valence-electron chi connectivity index (χ1n) is 3.75. The molecule has 1 rings (SSSR count). The van der Waals surface area contributed by atoms with Crippen LogP contribution < -0.4 is 0 Å². The first kappa shape index (κ1) is 10.2. The lowest BCUT2D eigenvalue weighted by Gasteiger charge is -2.13. The smallest absolute Gasteiger partial charge is 0.353 e. The Balaban J connectivity index is 2.20. The second-order valence-electron chi connectivity index (χ2n) is 2.56. The van der Waals surface area contributed by atoms with Crippen molar-refractivity contribution >= 4 is 7.60 Å². The van der Waals surface area contributed by atoms with Crippen molar-refractivity contribution in [3.8, 4) is 0 Å². The molecule has 1 fully saturated rings. The molecule has 1 heterocycles. The minimum atomic E-state index is -3.53. The van der Waals surface area contributed by atoms with Crippen LogP contribution >= 0.6 is 7.60 Å². The van der Waals surface area contributed by atoms with Gasteiger partial charge in [-0.2, -0.15) is 0 Å². The van der Waals surface area contributed by atoms with Crippen molar-refractivity contribution in [3.63, 3.8) is 0 Å². The fourth-order valence-electron chi connectivity index (χ4n) is 0.910. The number of hydrogen-bond donors (Lipinski definition) is 1. The van der Waals surface area contributed by atoms with Gasteiger partial charge in [-0.15, -0.1) is 0 Å². The highest BCUT2D eigenvalue weighted by Crippen LogP contribution is 2.41. The quantitative estimate of drug-likeness (QED) is 0.677. The van der Waals surface area contributed by atoms with E-state index < -0.39 is 7.60 Å². The Morgan fingerprint density at radius 2 is 2.50 bits per heavy atom. The van der Waals surface area contributed by atoms with Gasteiger partial charge in [0.25, 0.3) is 0 Å². The van der Waals surface area contributed by atoms with E-state index in [-0.39, 0.29) is 12.6 Å². The zero-order valence-electron chi connectivity index (χ0n) is 6.93. The van der Waals surface area contributed by atoms with Gasteiger partial charge < -0.3 is 18.9 Å². The van der Waals surface area contributed by atoms with E-state index in [0.717, 1.165) is 12.8 Å². The molecule has 0 bridgehead atoms. The normalized spacial score (nSPS) is 28.7. The monoisotopic (exact) mass is 196 g/mol. The Morgan fingerprint density at radius 3 is 3.00 bits per heavy atom. The minimum absolute atomic E-state index is 0.297. The summed E-state index contributed by atoms with van der Waals surface area (Å²) in [7, 11) is -2.35. The Labute approximate surface area is 71.2 Å². The van der Waals surface area contributed by atoms with Crippen LogP contribution in [0, 0.1) is 0 Å². The van der Waals surface area contributed by atoms with Crippen molar-refractivity contribution < 1.29 is 23.5 Å². The summed E-state index contributed by atoms with van der Waals surface area (Å²) < 4.78 is 25.3. The molecule has 0 saturated carbocycles. The first-order chi connectivity index (χ1) is 5.64. The molecule has 6 heteroatoms. The van der Waals surface area contributed by atoms with Gasteiger partial charge in [-0.3, -0.25) is 4.57 Å². The molecular formula is C6H13O5P. The van der Waals surface area contributed by atoms with Crippen LogP contribution in [-0.2, 0) is 18.6 Å². The topological polar surface area (TPSA) is 65.0 Å². The van der Waals surface area contributed by atoms with E-state index in [2.05, 4.69) is 4.52 Å². The number of rotatable bonds is 4. The summed E-state index contributed by atoms with van der Waals surface area (Å²) in [5.41, 5.74) is 0. The minimum Gasteiger partial charge on any atom is -0.353 e.